The first-order valence-corrected chi connectivity index (χ1v) is 12.4. The molecule has 1 N–H and O–H groups in total. The summed E-state index contributed by atoms with van der Waals surface area (Å²) in [6, 6.07) is 23.3. The van der Waals surface area contributed by atoms with Crippen molar-refractivity contribution in [2.24, 2.45) is 35.5 Å². The highest BCUT2D eigenvalue weighted by atomic mass is 16.5. The van der Waals surface area contributed by atoms with Crippen LogP contribution in [-0.2, 0) is 9.59 Å². The van der Waals surface area contributed by atoms with E-state index in [0.29, 0.717) is 34.5 Å². The number of imide groups is 1. The largest absolute Gasteiger partial charge is 0.457 e. The van der Waals surface area contributed by atoms with Crippen molar-refractivity contribution < 1.29 is 19.1 Å². The minimum Gasteiger partial charge on any atom is -0.457 e. The first-order chi connectivity index (χ1) is 17.6. The molecule has 3 aromatic carbocycles. The molecule has 0 radical (unpaired) electrons. The lowest BCUT2D eigenvalue weighted by Crippen LogP contribution is -2.40. The molecule has 6 nitrogen and oxygen atoms in total. The molecule has 1 saturated heterocycles. The van der Waals surface area contributed by atoms with E-state index in [2.05, 4.69) is 17.5 Å². The van der Waals surface area contributed by atoms with Crippen LogP contribution in [0, 0.1) is 35.5 Å². The topological polar surface area (TPSA) is 75.7 Å². The van der Waals surface area contributed by atoms with Crippen LogP contribution in [0.15, 0.2) is 91.0 Å². The molecular weight excluding hydrogens is 452 g/mol. The maximum absolute atomic E-state index is 13.4. The van der Waals surface area contributed by atoms with Crippen LogP contribution in [-0.4, -0.2) is 17.7 Å². The third kappa shape index (κ3) is 3.28. The fraction of sp³-hybridized carbons (Fsp3) is 0.233. The number of hydrogen-bond acceptors (Lipinski definition) is 4. The second-order valence-corrected chi connectivity index (χ2v) is 10.1. The Bertz CT molecular complexity index is 1380. The second kappa shape index (κ2) is 7.92. The second-order valence-electron chi connectivity index (χ2n) is 10.1. The van der Waals surface area contributed by atoms with Crippen molar-refractivity contribution in [3.63, 3.8) is 0 Å². The minimum absolute atomic E-state index is 0.124. The predicted octanol–water partition coefficient (Wildman–Crippen LogP) is 5.29. The van der Waals surface area contributed by atoms with E-state index in [-0.39, 0.29) is 41.4 Å². The maximum Gasteiger partial charge on any atom is 0.255 e. The van der Waals surface area contributed by atoms with Gasteiger partial charge in [0.15, 0.2) is 0 Å². The number of carbonyl (C=O) groups excluding carboxylic acids is 3. The minimum atomic E-state index is -0.312. The number of nitrogens with zero attached hydrogens (tertiary/aromatic N) is 1. The molecule has 6 atom stereocenters. The molecule has 8 rings (SSSR count). The Labute approximate surface area is 208 Å². The van der Waals surface area contributed by atoms with E-state index in [1.54, 1.807) is 48.5 Å². The molecule has 5 aliphatic rings. The summed E-state index contributed by atoms with van der Waals surface area (Å²) in [5, 5.41) is 2.88. The monoisotopic (exact) mass is 476 g/mol. The van der Waals surface area contributed by atoms with Crippen LogP contribution < -0.4 is 15.0 Å². The van der Waals surface area contributed by atoms with Crippen molar-refractivity contribution in [1.29, 1.82) is 0 Å². The van der Waals surface area contributed by atoms with E-state index >= 15 is 0 Å². The number of nitrogens with one attached hydrogen (secondary N) is 1. The highest BCUT2D eigenvalue weighted by Gasteiger charge is 2.67. The molecule has 1 aliphatic heterocycles. The molecule has 1 heterocycles. The summed E-state index contributed by atoms with van der Waals surface area (Å²) in [6.07, 6.45) is 5.45. The van der Waals surface area contributed by atoms with Crippen LogP contribution in [0.5, 0.6) is 11.5 Å². The molecule has 178 valence electrons. The lowest BCUT2D eigenvalue weighted by atomic mass is 9.63. The lowest BCUT2D eigenvalue weighted by Gasteiger charge is -2.37. The average Bonchev–Trinajstić information content (AvgIpc) is 3.69. The van der Waals surface area contributed by atoms with Crippen LogP contribution in [0.25, 0.3) is 0 Å². The Morgan fingerprint density at radius 1 is 0.778 bits per heavy atom. The first kappa shape index (κ1) is 21.1. The summed E-state index contributed by atoms with van der Waals surface area (Å²) in [5.74, 6) is 1.77. The first-order valence-electron chi connectivity index (χ1n) is 12.4. The number of benzene rings is 3. The lowest BCUT2D eigenvalue weighted by molar-refractivity contribution is -0.124. The van der Waals surface area contributed by atoms with E-state index in [4.69, 9.17) is 4.74 Å². The van der Waals surface area contributed by atoms with Gasteiger partial charge in [-0.05, 0) is 84.7 Å². The zero-order valence-corrected chi connectivity index (χ0v) is 19.4. The molecule has 0 unspecified atom stereocenters. The molecule has 3 aromatic rings. The van der Waals surface area contributed by atoms with E-state index in [1.807, 2.05) is 30.3 Å². The van der Waals surface area contributed by atoms with E-state index in [0.717, 1.165) is 12.2 Å². The van der Waals surface area contributed by atoms with Crippen molar-refractivity contribution >= 4 is 29.1 Å². The molecule has 2 bridgehead atoms. The van der Waals surface area contributed by atoms with E-state index < -0.39 is 0 Å². The number of rotatable bonds is 5. The maximum atomic E-state index is 13.4. The highest BCUT2D eigenvalue weighted by molar-refractivity contribution is 6.23. The van der Waals surface area contributed by atoms with Crippen molar-refractivity contribution in [3.05, 3.63) is 96.6 Å². The average molecular weight is 477 g/mol. The molecular formula is C30H24N2O4. The Morgan fingerprint density at radius 2 is 1.42 bits per heavy atom. The van der Waals surface area contributed by atoms with Crippen LogP contribution in [0.3, 0.4) is 0 Å². The van der Waals surface area contributed by atoms with Crippen molar-refractivity contribution in [1.82, 2.24) is 0 Å². The SMILES string of the molecule is O=C(Nc1ccc(Oc2ccccc2)cc1)c1cccc(N2C(=O)[C@@H]3[C@@H]4C=C[C@H]([C@H]5C[C@H]45)[C@@H]3C2=O)c1. The zero-order valence-electron chi connectivity index (χ0n) is 19.4. The van der Waals surface area contributed by atoms with Crippen LogP contribution >= 0.6 is 0 Å². The molecule has 36 heavy (non-hydrogen) atoms. The normalized spacial score (nSPS) is 29.1. The van der Waals surface area contributed by atoms with Crippen molar-refractivity contribution in [3.8, 4) is 11.5 Å². The van der Waals surface area contributed by atoms with Crippen molar-refractivity contribution in [2.45, 2.75) is 6.42 Å². The number of carbonyl (C=O) groups is 3. The Hall–Kier alpha value is -4.19. The van der Waals surface area contributed by atoms with Gasteiger partial charge in [-0.25, -0.2) is 4.90 Å². The number of allylic oxidation sites excluding steroid dienone is 2. The van der Waals surface area contributed by atoms with Gasteiger partial charge in [-0.1, -0.05) is 36.4 Å². The van der Waals surface area contributed by atoms with Gasteiger partial charge in [0.1, 0.15) is 11.5 Å². The highest BCUT2D eigenvalue weighted by Crippen LogP contribution is 2.65. The van der Waals surface area contributed by atoms with Gasteiger partial charge >= 0.3 is 0 Å². The van der Waals surface area contributed by atoms with E-state index in [9.17, 15) is 14.4 Å². The van der Waals surface area contributed by atoms with Gasteiger partial charge in [0.05, 0.1) is 17.5 Å². The third-order valence-electron chi connectivity index (χ3n) is 8.12. The number of anilines is 2. The number of para-hydroxylation sites is 1. The molecule has 6 heteroatoms. The van der Waals surface area contributed by atoms with Gasteiger partial charge < -0.3 is 10.1 Å². The van der Waals surface area contributed by atoms with Crippen LogP contribution in [0.4, 0.5) is 11.4 Å². The quantitative estimate of drug-likeness (QED) is 0.401. The molecule has 3 amide bonds. The Morgan fingerprint density at radius 3 is 2.08 bits per heavy atom. The Balaban J connectivity index is 1.07. The fourth-order valence-electron chi connectivity index (χ4n) is 6.43. The summed E-state index contributed by atoms with van der Waals surface area (Å²) in [7, 11) is 0. The van der Waals surface area contributed by atoms with Gasteiger partial charge in [0.2, 0.25) is 11.8 Å². The van der Waals surface area contributed by atoms with Gasteiger partial charge in [0.25, 0.3) is 5.91 Å². The number of hydrogen-bond donors (Lipinski definition) is 1. The van der Waals surface area contributed by atoms with E-state index in [1.165, 1.54) is 4.90 Å². The molecule has 2 saturated carbocycles. The van der Waals surface area contributed by atoms with Gasteiger partial charge in [0, 0.05) is 11.3 Å². The van der Waals surface area contributed by atoms with Crippen molar-refractivity contribution in [2.75, 3.05) is 10.2 Å². The third-order valence-corrected chi connectivity index (χ3v) is 8.12. The van der Waals surface area contributed by atoms with Gasteiger partial charge in [-0.3, -0.25) is 14.4 Å². The smallest absolute Gasteiger partial charge is 0.255 e. The standard InChI is InChI=1S/C30H24N2O4/c33-28(31-18-9-11-21(12-10-18)36-20-7-2-1-3-8-20)17-5-4-6-19(15-17)32-29(34)26-22-13-14-23(25-16-24(22)25)27(26)30(32)35/h1-15,22-27H,16H2,(H,31,33)/t22-,23-,24-,25-,26-,27+/m1/s1. The summed E-state index contributed by atoms with van der Waals surface area (Å²) in [6.45, 7) is 0. The summed E-state index contributed by atoms with van der Waals surface area (Å²) < 4.78 is 5.80. The number of amides is 3. The molecule has 3 fully saturated rings. The zero-order chi connectivity index (χ0) is 24.4. The fourth-order valence-corrected chi connectivity index (χ4v) is 6.43. The van der Waals surface area contributed by atoms with Gasteiger partial charge in [-0.2, -0.15) is 0 Å². The Kier molecular flexibility index (Phi) is 4.64. The molecule has 4 aliphatic carbocycles. The van der Waals surface area contributed by atoms with Crippen LogP contribution in [0.2, 0.25) is 0 Å². The molecule has 0 spiro atoms. The van der Waals surface area contributed by atoms with Crippen LogP contribution in [0.1, 0.15) is 16.8 Å². The van der Waals surface area contributed by atoms with Gasteiger partial charge in [-0.15, -0.1) is 0 Å². The number of ether oxygens (including phenoxy) is 1. The summed E-state index contributed by atoms with van der Waals surface area (Å²) in [5.41, 5.74) is 1.47. The molecule has 0 aromatic heterocycles. The summed E-state index contributed by atoms with van der Waals surface area (Å²) in [4.78, 5) is 41.1. The summed E-state index contributed by atoms with van der Waals surface area (Å²) >= 11 is 0. The predicted molar refractivity (Wildman–Crippen MR) is 135 cm³/mol.